The summed E-state index contributed by atoms with van der Waals surface area (Å²) in [5.74, 6) is 0.338. The number of ether oxygens (including phenoxy) is 1. The first-order valence-corrected chi connectivity index (χ1v) is 9.27. The van der Waals surface area contributed by atoms with E-state index in [0.717, 1.165) is 16.7 Å². The summed E-state index contributed by atoms with van der Waals surface area (Å²) in [7, 11) is 0. The fourth-order valence-corrected chi connectivity index (χ4v) is 3.74. The van der Waals surface area contributed by atoms with Gasteiger partial charge in [0, 0.05) is 30.4 Å². The van der Waals surface area contributed by atoms with Crippen LogP contribution >= 0.6 is 0 Å². The van der Waals surface area contributed by atoms with Crippen LogP contribution in [0.1, 0.15) is 17.0 Å². The summed E-state index contributed by atoms with van der Waals surface area (Å²) in [5.41, 5.74) is 2.16. The predicted molar refractivity (Wildman–Crippen MR) is 107 cm³/mol. The summed E-state index contributed by atoms with van der Waals surface area (Å²) in [5, 5.41) is 0. The maximum atomic E-state index is 12.6. The van der Waals surface area contributed by atoms with Gasteiger partial charge in [0.15, 0.2) is 11.4 Å². The van der Waals surface area contributed by atoms with Crippen molar-refractivity contribution in [2.75, 3.05) is 0 Å². The molecule has 0 amide bonds. The van der Waals surface area contributed by atoms with Crippen molar-refractivity contribution in [1.29, 1.82) is 0 Å². The van der Waals surface area contributed by atoms with E-state index in [4.69, 9.17) is 4.99 Å². The minimum Gasteiger partial charge on any atom is -0.406 e. The number of aromatic nitrogens is 4. The number of hydrogen-bond donors (Lipinski definition) is 0. The maximum absolute atomic E-state index is 12.6. The highest BCUT2D eigenvalue weighted by atomic mass is 19.4. The van der Waals surface area contributed by atoms with Crippen molar-refractivity contribution in [2.45, 2.75) is 11.9 Å². The Hall–Kier alpha value is -4.01. The predicted octanol–water partition coefficient (Wildman–Crippen LogP) is 4.42. The molecule has 154 valence electrons. The number of benzene rings is 2. The summed E-state index contributed by atoms with van der Waals surface area (Å²) in [4.78, 5) is 17.4. The number of alkyl halides is 3. The van der Waals surface area contributed by atoms with Gasteiger partial charge in [-0.05, 0) is 34.9 Å². The lowest BCUT2D eigenvalue weighted by atomic mass is 9.82. The van der Waals surface area contributed by atoms with Gasteiger partial charge in [0.25, 0.3) is 0 Å². The number of imidazole rings is 1. The van der Waals surface area contributed by atoms with Crippen molar-refractivity contribution in [3.63, 3.8) is 0 Å². The van der Waals surface area contributed by atoms with E-state index in [1.54, 1.807) is 47.8 Å². The van der Waals surface area contributed by atoms with Crippen molar-refractivity contribution in [3.05, 3.63) is 96.6 Å². The molecule has 0 bridgehead atoms. The SMILES string of the molecule is FC(F)(F)Oc1ccc(C2(c3cccc(-c4cncnc4)c3)N=Cn3ccnc32)cc1. The molecule has 0 radical (unpaired) electrons. The molecule has 2 aromatic heterocycles. The summed E-state index contributed by atoms with van der Waals surface area (Å²) in [6.45, 7) is 0. The Morgan fingerprint density at radius 1 is 0.903 bits per heavy atom. The Morgan fingerprint density at radius 3 is 2.42 bits per heavy atom. The molecule has 0 saturated carbocycles. The van der Waals surface area contributed by atoms with E-state index in [1.165, 1.54) is 18.5 Å². The smallest absolute Gasteiger partial charge is 0.406 e. The van der Waals surface area contributed by atoms with E-state index in [9.17, 15) is 13.2 Å². The van der Waals surface area contributed by atoms with Crippen LogP contribution in [0, 0.1) is 0 Å². The van der Waals surface area contributed by atoms with Gasteiger partial charge in [0.1, 0.15) is 12.1 Å². The molecule has 6 nitrogen and oxygen atoms in total. The summed E-state index contributed by atoms with van der Waals surface area (Å²) >= 11 is 0. The second-order valence-corrected chi connectivity index (χ2v) is 6.89. The van der Waals surface area contributed by atoms with E-state index in [-0.39, 0.29) is 5.75 Å². The van der Waals surface area contributed by atoms with Crippen LogP contribution in [-0.2, 0) is 5.54 Å². The first kappa shape index (κ1) is 19.0. The Balaban J connectivity index is 1.64. The Labute approximate surface area is 174 Å². The molecule has 1 atom stereocenters. The molecule has 0 fully saturated rings. The minimum atomic E-state index is -4.76. The minimum absolute atomic E-state index is 0.299. The highest BCUT2D eigenvalue weighted by Crippen LogP contribution is 2.43. The third-order valence-corrected chi connectivity index (χ3v) is 5.05. The lowest BCUT2D eigenvalue weighted by molar-refractivity contribution is -0.274. The number of rotatable bonds is 4. The molecule has 5 rings (SSSR count). The molecule has 3 heterocycles. The van der Waals surface area contributed by atoms with E-state index < -0.39 is 11.9 Å². The van der Waals surface area contributed by atoms with E-state index in [1.807, 2.05) is 24.3 Å². The Morgan fingerprint density at radius 2 is 1.68 bits per heavy atom. The average Bonchev–Trinajstić information content (AvgIpc) is 3.37. The number of halogens is 3. The molecule has 9 heteroatoms. The lowest BCUT2D eigenvalue weighted by Gasteiger charge is -2.27. The van der Waals surface area contributed by atoms with Crippen LogP contribution < -0.4 is 4.74 Å². The fourth-order valence-electron chi connectivity index (χ4n) is 3.74. The zero-order valence-corrected chi connectivity index (χ0v) is 15.9. The van der Waals surface area contributed by atoms with Crippen LogP contribution in [0.2, 0.25) is 0 Å². The topological polar surface area (TPSA) is 65.2 Å². The lowest BCUT2D eigenvalue weighted by Crippen LogP contribution is -2.27. The molecule has 4 aromatic rings. The van der Waals surface area contributed by atoms with Crippen molar-refractivity contribution in [3.8, 4) is 16.9 Å². The monoisotopic (exact) mass is 421 g/mol. The highest BCUT2D eigenvalue weighted by Gasteiger charge is 2.43. The van der Waals surface area contributed by atoms with Crippen LogP contribution in [0.25, 0.3) is 11.1 Å². The van der Waals surface area contributed by atoms with Gasteiger partial charge in [-0.1, -0.05) is 30.3 Å². The van der Waals surface area contributed by atoms with Crippen LogP contribution in [0.15, 0.2) is 84.6 Å². The quantitative estimate of drug-likeness (QED) is 0.489. The van der Waals surface area contributed by atoms with Crippen LogP contribution in [0.4, 0.5) is 13.2 Å². The molecular formula is C22H14F3N5O. The second-order valence-electron chi connectivity index (χ2n) is 6.89. The second kappa shape index (κ2) is 7.05. The zero-order valence-electron chi connectivity index (χ0n) is 15.9. The summed E-state index contributed by atoms with van der Waals surface area (Å²) in [6, 6.07) is 13.4. The molecule has 2 aromatic carbocycles. The van der Waals surface area contributed by atoms with Gasteiger partial charge in [0.2, 0.25) is 0 Å². The number of aliphatic imine (C=N–C) groups is 1. The van der Waals surface area contributed by atoms with E-state index in [2.05, 4.69) is 19.7 Å². The molecule has 1 aliphatic rings. The molecule has 31 heavy (non-hydrogen) atoms. The zero-order chi connectivity index (χ0) is 21.5. The van der Waals surface area contributed by atoms with Crippen molar-refractivity contribution >= 4 is 6.34 Å². The highest BCUT2D eigenvalue weighted by molar-refractivity contribution is 5.71. The van der Waals surface area contributed by atoms with Gasteiger partial charge >= 0.3 is 6.36 Å². The Bertz CT molecular complexity index is 1250. The molecule has 0 saturated heterocycles. The van der Waals surface area contributed by atoms with Crippen molar-refractivity contribution < 1.29 is 17.9 Å². The van der Waals surface area contributed by atoms with Crippen molar-refractivity contribution in [1.82, 2.24) is 19.5 Å². The third-order valence-electron chi connectivity index (χ3n) is 5.05. The summed E-state index contributed by atoms with van der Waals surface area (Å²) < 4.78 is 43.5. The molecule has 0 spiro atoms. The fraction of sp³-hybridized carbons (Fsp3) is 0.0909. The van der Waals surface area contributed by atoms with Crippen LogP contribution in [0.3, 0.4) is 0 Å². The van der Waals surface area contributed by atoms with Crippen LogP contribution in [0.5, 0.6) is 5.75 Å². The van der Waals surface area contributed by atoms with Gasteiger partial charge in [-0.3, -0.25) is 9.56 Å². The molecule has 1 unspecified atom stereocenters. The first-order chi connectivity index (χ1) is 15.0. The van der Waals surface area contributed by atoms with Gasteiger partial charge in [0.05, 0.1) is 6.34 Å². The standard InChI is InChI=1S/C22H14F3N5O/c23-22(24,25)31-19-6-4-17(5-7-19)21(20-28-8-9-30(20)14-29-21)18-3-1-2-15(10-18)16-11-26-13-27-12-16/h1-14H. The van der Waals surface area contributed by atoms with Gasteiger partial charge < -0.3 is 4.74 Å². The van der Waals surface area contributed by atoms with Gasteiger partial charge in [-0.25, -0.2) is 15.0 Å². The third kappa shape index (κ3) is 3.33. The number of nitrogens with zero attached hydrogens (tertiary/aromatic N) is 5. The number of fused-ring (bicyclic) bond motifs is 1. The average molecular weight is 421 g/mol. The van der Waals surface area contributed by atoms with Crippen molar-refractivity contribution in [2.24, 2.45) is 4.99 Å². The maximum Gasteiger partial charge on any atom is 0.573 e. The molecule has 1 aliphatic heterocycles. The normalized spacial score (nSPS) is 17.5. The molecule has 0 aliphatic carbocycles. The first-order valence-electron chi connectivity index (χ1n) is 9.27. The Kier molecular flexibility index (Phi) is 4.32. The number of hydrogen-bond acceptors (Lipinski definition) is 5. The van der Waals surface area contributed by atoms with E-state index >= 15 is 0 Å². The van der Waals surface area contributed by atoms with E-state index in [0.29, 0.717) is 11.4 Å². The van der Waals surface area contributed by atoms with Crippen LogP contribution in [-0.4, -0.2) is 32.2 Å². The molecular weight excluding hydrogens is 407 g/mol. The molecule has 0 N–H and O–H groups in total. The largest absolute Gasteiger partial charge is 0.573 e. The van der Waals surface area contributed by atoms with Gasteiger partial charge in [-0.2, -0.15) is 0 Å². The van der Waals surface area contributed by atoms with Gasteiger partial charge in [-0.15, -0.1) is 13.2 Å². The summed E-state index contributed by atoms with van der Waals surface area (Å²) in [6.07, 6.45) is 5.20.